The number of nitrogens with one attached hydrogen (secondary N) is 2. The lowest BCUT2D eigenvalue weighted by Gasteiger charge is -2.04. The molecule has 1 aromatic heterocycles. The van der Waals surface area contributed by atoms with Crippen molar-refractivity contribution in [1.29, 1.82) is 0 Å². The van der Waals surface area contributed by atoms with Gasteiger partial charge in [-0.1, -0.05) is 0 Å². The van der Waals surface area contributed by atoms with Crippen molar-refractivity contribution < 1.29 is 9.18 Å². The van der Waals surface area contributed by atoms with Gasteiger partial charge in [0.05, 0.1) is 11.4 Å². The van der Waals surface area contributed by atoms with Gasteiger partial charge in [-0.15, -0.1) is 0 Å². The predicted octanol–water partition coefficient (Wildman–Crippen LogP) is 2.00. The molecule has 0 aliphatic heterocycles. The number of nitrogens with zero attached hydrogens (tertiary/aromatic N) is 1. The molecule has 0 aliphatic carbocycles. The van der Waals surface area contributed by atoms with Crippen LogP contribution in [0.1, 0.15) is 21.6 Å². The summed E-state index contributed by atoms with van der Waals surface area (Å²) in [6.07, 6.45) is 0. The zero-order chi connectivity index (χ0) is 13.3. The highest BCUT2D eigenvalue weighted by atomic mass is 19.1. The standard InChI is InChI=1S/C12H13FN4O/c1-6-5-8(3-4-9(6)13)12(18)15-11-10(14)7(2)16-17-11/h3-5H,14H2,1-2H3,(H2,15,16,17,18). The number of anilines is 2. The lowest BCUT2D eigenvalue weighted by Crippen LogP contribution is -2.13. The van der Waals surface area contributed by atoms with Crippen LogP contribution in [-0.2, 0) is 0 Å². The van der Waals surface area contributed by atoms with Crippen molar-refractivity contribution in [2.24, 2.45) is 0 Å². The molecule has 6 heteroatoms. The monoisotopic (exact) mass is 248 g/mol. The van der Waals surface area contributed by atoms with Crippen LogP contribution < -0.4 is 11.1 Å². The fourth-order valence-corrected chi connectivity index (χ4v) is 1.50. The van der Waals surface area contributed by atoms with Gasteiger partial charge in [-0.25, -0.2) is 4.39 Å². The summed E-state index contributed by atoms with van der Waals surface area (Å²) >= 11 is 0. The Morgan fingerprint density at radius 2 is 2.17 bits per heavy atom. The minimum absolute atomic E-state index is 0.277. The number of hydrogen-bond acceptors (Lipinski definition) is 3. The number of amides is 1. The summed E-state index contributed by atoms with van der Waals surface area (Å²) < 4.78 is 13.1. The summed E-state index contributed by atoms with van der Waals surface area (Å²) in [6, 6.07) is 4.14. The Bertz CT molecular complexity index is 606. The number of aromatic amines is 1. The molecule has 1 aromatic carbocycles. The number of nitrogen functional groups attached to an aromatic ring is 1. The van der Waals surface area contributed by atoms with Gasteiger partial charge < -0.3 is 11.1 Å². The highest BCUT2D eigenvalue weighted by Gasteiger charge is 2.12. The van der Waals surface area contributed by atoms with E-state index < -0.39 is 0 Å². The van der Waals surface area contributed by atoms with Crippen molar-refractivity contribution in [2.75, 3.05) is 11.1 Å². The van der Waals surface area contributed by atoms with Crippen molar-refractivity contribution >= 4 is 17.4 Å². The molecule has 2 rings (SSSR count). The summed E-state index contributed by atoms with van der Waals surface area (Å²) in [5.41, 5.74) is 7.55. The van der Waals surface area contributed by atoms with E-state index in [-0.39, 0.29) is 17.5 Å². The van der Waals surface area contributed by atoms with Crippen LogP contribution in [0, 0.1) is 19.7 Å². The lowest BCUT2D eigenvalue weighted by atomic mass is 10.1. The van der Waals surface area contributed by atoms with Crippen LogP contribution in [0.4, 0.5) is 15.9 Å². The van der Waals surface area contributed by atoms with Gasteiger partial charge in [-0.05, 0) is 37.6 Å². The molecule has 0 saturated carbocycles. The minimum Gasteiger partial charge on any atom is -0.394 e. The maximum absolute atomic E-state index is 13.1. The van der Waals surface area contributed by atoms with E-state index in [1.807, 2.05) is 0 Å². The van der Waals surface area contributed by atoms with E-state index in [9.17, 15) is 9.18 Å². The average molecular weight is 248 g/mol. The second-order valence-corrected chi connectivity index (χ2v) is 4.03. The number of H-pyrrole nitrogens is 1. The Morgan fingerprint density at radius 1 is 1.44 bits per heavy atom. The number of nitrogens with two attached hydrogens (primary N) is 1. The van der Waals surface area contributed by atoms with E-state index in [0.717, 1.165) is 0 Å². The topological polar surface area (TPSA) is 83.8 Å². The van der Waals surface area contributed by atoms with E-state index in [4.69, 9.17) is 5.73 Å². The van der Waals surface area contributed by atoms with E-state index in [1.54, 1.807) is 13.8 Å². The van der Waals surface area contributed by atoms with Gasteiger partial charge in [-0.3, -0.25) is 9.89 Å². The van der Waals surface area contributed by atoms with Gasteiger partial charge in [0.1, 0.15) is 5.82 Å². The average Bonchev–Trinajstić information content (AvgIpc) is 2.64. The first-order chi connectivity index (χ1) is 8.49. The Hall–Kier alpha value is -2.37. The first-order valence-corrected chi connectivity index (χ1v) is 5.37. The molecule has 0 unspecified atom stereocenters. The van der Waals surface area contributed by atoms with Crippen LogP contribution in [0.15, 0.2) is 18.2 Å². The maximum Gasteiger partial charge on any atom is 0.256 e. The largest absolute Gasteiger partial charge is 0.394 e. The smallest absolute Gasteiger partial charge is 0.256 e. The highest BCUT2D eigenvalue weighted by molar-refractivity contribution is 6.05. The molecule has 18 heavy (non-hydrogen) atoms. The van der Waals surface area contributed by atoms with Crippen LogP contribution >= 0.6 is 0 Å². The molecular weight excluding hydrogens is 235 g/mol. The Labute approximate surface area is 103 Å². The zero-order valence-electron chi connectivity index (χ0n) is 10.0. The molecule has 0 aliphatic rings. The molecular formula is C12H13FN4O. The summed E-state index contributed by atoms with van der Waals surface area (Å²) in [6.45, 7) is 3.35. The number of aromatic nitrogens is 2. The van der Waals surface area contributed by atoms with Crippen LogP contribution in [0.25, 0.3) is 0 Å². The molecule has 5 nitrogen and oxygen atoms in total. The summed E-state index contributed by atoms with van der Waals surface area (Å²) in [5, 5.41) is 9.09. The molecule has 1 amide bonds. The van der Waals surface area contributed by atoms with E-state index in [0.29, 0.717) is 22.5 Å². The third-order valence-electron chi connectivity index (χ3n) is 2.65. The molecule has 4 N–H and O–H groups in total. The predicted molar refractivity (Wildman–Crippen MR) is 66.8 cm³/mol. The Balaban J connectivity index is 2.22. The highest BCUT2D eigenvalue weighted by Crippen LogP contribution is 2.19. The number of rotatable bonds is 2. The minimum atomic E-state index is -0.378. The number of carbonyl (C=O) groups is 1. The summed E-state index contributed by atoms with van der Waals surface area (Å²) in [7, 11) is 0. The molecule has 0 atom stereocenters. The maximum atomic E-state index is 13.1. The SMILES string of the molecule is Cc1cc(C(=O)Nc2n[nH]c(C)c2N)ccc1F. The molecule has 0 spiro atoms. The molecule has 2 aromatic rings. The van der Waals surface area contributed by atoms with Crippen LogP contribution in [0.2, 0.25) is 0 Å². The molecule has 1 heterocycles. The number of benzene rings is 1. The lowest BCUT2D eigenvalue weighted by molar-refractivity contribution is 0.102. The molecule has 0 bridgehead atoms. The van der Waals surface area contributed by atoms with Gasteiger partial charge >= 0.3 is 0 Å². The third-order valence-corrected chi connectivity index (χ3v) is 2.65. The van der Waals surface area contributed by atoms with Crippen molar-refractivity contribution in [2.45, 2.75) is 13.8 Å². The quantitative estimate of drug-likeness (QED) is 0.760. The molecule has 0 fully saturated rings. The van der Waals surface area contributed by atoms with Crippen LogP contribution in [0.3, 0.4) is 0 Å². The fraction of sp³-hybridized carbons (Fsp3) is 0.167. The number of halogens is 1. The van der Waals surface area contributed by atoms with E-state index >= 15 is 0 Å². The van der Waals surface area contributed by atoms with Gasteiger partial charge in [0.15, 0.2) is 5.82 Å². The molecule has 0 saturated heterocycles. The van der Waals surface area contributed by atoms with Crippen molar-refractivity contribution in [3.63, 3.8) is 0 Å². The van der Waals surface area contributed by atoms with Crippen molar-refractivity contribution in [1.82, 2.24) is 10.2 Å². The summed E-state index contributed by atoms with van der Waals surface area (Å²) in [4.78, 5) is 11.9. The van der Waals surface area contributed by atoms with Crippen molar-refractivity contribution in [3.05, 3.63) is 40.8 Å². The third kappa shape index (κ3) is 2.17. The number of aryl methyl sites for hydroxylation is 2. The number of carbonyl (C=O) groups excluding carboxylic acids is 1. The number of hydrogen-bond donors (Lipinski definition) is 3. The van der Waals surface area contributed by atoms with Gasteiger partial charge in [0.2, 0.25) is 0 Å². The first-order valence-electron chi connectivity index (χ1n) is 5.37. The van der Waals surface area contributed by atoms with Gasteiger partial charge in [0, 0.05) is 5.56 Å². The van der Waals surface area contributed by atoms with Crippen LogP contribution in [-0.4, -0.2) is 16.1 Å². The zero-order valence-corrected chi connectivity index (χ0v) is 10.0. The Morgan fingerprint density at radius 3 is 2.72 bits per heavy atom. The van der Waals surface area contributed by atoms with E-state index in [1.165, 1.54) is 18.2 Å². The summed E-state index contributed by atoms with van der Waals surface area (Å²) in [5.74, 6) is -0.447. The van der Waals surface area contributed by atoms with Gasteiger partial charge in [0.25, 0.3) is 5.91 Å². The first kappa shape index (κ1) is 12.1. The molecule has 0 radical (unpaired) electrons. The van der Waals surface area contributed by atoms with Crippen LogP contribution in [0.5, 0.6) is 0 Å². The fourth-order valence-electron chi connectivity index (χ4n) is 1.50. The second-order valence-electron chi connectivity index (χ2n) is 4.03. The molecule has 94 valence electrons. The van der Waals surface area contributed by atoms with Gasteiger partial charge in [-0.2, -0.15) is 5.10 Å². The van der Waals surface area contributed by atoms with E-state index in [2.05, 4.69) is 15.5 Å². The van der Waals surface area contributed by atoms with Crippen molar-refractivity contribution in [3.8, 4) is 0 Å². The Kier molecular flexibility index (Phi) is 3.01. The second kappa shape index (κ2) is 4.48. The normalized spacial score (nSPS) is 10.4.